The van der Waals surface area contributed by atoms with Crippen LogP contribution in [0.1, 0.15) is 22.9 Å². The Morgan fingerprint density at radius 1 is 0.362 bits per heavy atom. The van der Waals surface area contributed by atoms with E-state index in [0.29, 0.717) is 0 Å². The maximum atomic E-state index is 6.49. The van der Waals surface area contributed by atoms with Crippen LogP contribution < -0.4 is 5.32 Å². The van der Waals surface area contributed by atoms with E-state index in [0.717, 1.165) is 88.9 Å². The van der Waals surface area contributed by atoms with E-state index in [-0.39, 0.29) is 0 Å². The molecular weight excluding hydrogens is 711 g/mol. The first-order valence-electron chi connectivity index (χ1n) is 19.6. The molecule has 1 N–H and O–H groups in total. The Balaban J connectivity index is 0.963. The molecule has 0 aliphatic carbocycles. The molecule has 0 saturated heterocycles. The van der Waals surface area contributed by atoms with Crippen molar-refractivity contribution in [2.24, 2.45) is 9.98 Å². The molecule has 1 aliphatic heterocycles. The molecule has 0 spiro atoms. The number of amidine groups is 2. The lowest BCUT2D eigenvalue weighted by Crippen LogP contribution is -2.36. The Morgan fingerprint density at radius 2 is 0.983 bits per heavy atom. The van der Waals surface area contributed by atoms with Crippen LogP contribution >= 0.6 is 0 Å². The van der Waals surface area contributed by atoms with E-state index < -0.39 is 6.17 Å². The first-order valence-corrected chi connectivity index (χ1v) is 19.6. The van der Waals surface area contributed by atoms with Gasteiger partial charge in [-0.3, -0.25) is 0 Å². The van der Waals surface area contributed by atoms with Crippen LogP contribution in [0.15, 0.2) is 207 Å². The lowest BCUT2D eigenvalue weighted by atomic mass is 9.95. The number of hydrogen-bond acceptors (Lipinski definition) is 5. The molecule has 3 heterocycles. The first kappa shape index (κ1) is 32.5. The number of hydrogen-bond donors (Lipinski definition) is 1. The van der Waals surface area contributed by atoms with Crippen LogP contribution in [0, 0.1) is 0 Å². The van der Waals surface area contributed by atoms with Crippen LogP contribution in [0.5, 0.6) is 0 Å². The van der Waals surface area contributed by atoms with Gasteiger partial charge in [0.05, 0.1) is 0 Å². The first-order chi connectivity index (χ1) is 28.7. The molecule has 5 heteroatoms. The van der Waals surface area contributed by atoms with Gasteiger partial charge in [0, 0.05) is 32.7 Å². The van der Waals surface area contributed by atoms with E-state index in [1.54, 1.807) is 0 Å². The Hall–Kier alpha value is -7.76. The van der Waals surface area contributed by atoms with Gasteiger partial charge in [-0.15, -0.1) is 0 Å². The Kier molecular flexibility index (Phi) is 7.23. The second kappa shape index (κ2) is 12.9. The third-order valence-corrected chi connectivity index (χ3v) is 11.5. The second-order valence-corrected chi connectivity index (χ2v) is 15.0. The molecule has 2 aromatic heterocycles. The number of nitrogens with zero attached hydrogens (tertiary/aromatic N) is 2. The van der Waals surface area contributed by atoms with Gasteiger partial charge in [-0.25, -0.2) is 9.98 Å². The highest BCUT2D eigenvalue weighted by Crippen LogP contribution is 2.40. The summed E-state index contributed by atoms with van der Waals surface area (Å²) in [6.45, 7) is 0. The van der Waals surface area contributed by atoms with E-state index in [4.69, 9.17) is 18.8 Å². The van der Waals surface area contributed by atoms with Crippen LogP contribution in [-0.2, 0) is 0 Å². The van der Waals surface area contributed by atoms with Crippen molar-refractivity contribution in [3.8, 4) is 22.3 Å². The van der Waals surface area contributed by atoms with Crippen LogP contribution in [0.25, 0.3) is 87.7 Å². The maximum absolute atomic E-state index is 6.49. The molecule has 9 aromatic carbocycles. The van der Waals surface area contributed by atoms with E-state index >= 15 is 0 Å². The van der Waals surface area contributed by atoms with Crippen molar-refractivity contribution in [3.63, 3.8) is 0 Å². The van der Waals surface area contributed by atoms with Crippen LogP contribution in [-0.4, -0.2) is 11.7 Å². The van der Waals surface area contributed by atoms with Gasteiger partial charge in [0.2, 0.25) is 0 Å². The number of para-hydroxylation sites is 1. The van der Waals surface area contributed by atoms with Crippen molar-refractivity contribution < 1.29 is 8.83 Å². The lowest BCUT2D eigenvalue weighted by molar-refractivity contribution is 0.668. The van der Waals surface area contributed by atoms with E-state index in [1.165, 1.54) is 27.1 Å². The van der Waals surface area contributed by atoms with Gasteiger partial charge in [0.25, 0.3) is 0 Å². The number of rotatable bonds is 5. The average molecular weight is 744 g/mol. The van der Waals surface area contributed by atoms with Gasteiger partial charge in [-0.1, -0.05) is 133 Å². The minimum Gasteiger partial charge on any atom is -0.456 e. The van der Waals surface area contributed by atoms with Gasteiger partial charge >= 0.3 is 0 Å². The summed E-state index contributed by atoms with van der Waals surface area (Å²) in [6, 6.07) is 65.9. The summed E-state index contributed by atoms with van der Waals surface area (Å²) in [6.07, 6.45) is -0.472. The van der Waals surface area contributed by atoms with Crippen molar-refractivity contribution in [1.29, 1.82) is 0 Å². The van der Waals surface area contributed by atoms with E-state index in [1.807, 2.05) is 42.5 Å². The molecule has 0 radical (unpaired) electrons. The molecule has 1 aliphatic rings. The molecule has 0 amide bonds. The molecular formula is C53H33N3O2. The fourth-order valence-corrected chi connectivity index (χ4v) is 8.67. The van der Waals surface area contributed by atoms with Crippen LogP contribution in [0.3, 0.4) is 0 Å². The lowest BCUT2D eigenvalue weighted by Gasteiger charge is -2.22. The molecule has 58 heavy (non-hydrogen) atoms. The summed E-state index contributed by atoms with van der Waals surface area (Å²) in [5.74, 6) is 1.53. The number of benzene rings is 9. The fourth-order valence-electron chi connectivity index (χ4n) is 8.67. The fraction of sp³-hybridized carbons (Fsp3) is 0.0189. The Bertz CT molecular complexity index is 3500. The quantitative estimate of drug-likeness (QED) is 0.179. The highest BCUT2D eigenvalue weighted by atomic mass is 16.3. The minimum absolute atomic E-state index is 0.472. The standard InChI is InChI=1S/C53H33N3O2/c1-2-11-33(12-3-1)51-54-52(56-53(55-51)39-24-27-47-44(31-39)43-16-6-7-18-46(43)57-47)38-14-8-13-36(29-38)42-17-9-19-49-50(42)45-30-35(23-26-48(45)58-49)34-22-25-41-37(28-34)21-20-32-10-4-5-15-40(32)41/h1-31,52H,(H,54,55,56). The SMILES string of the molecule is c1ccc(C2=NC(c3cccc(-c4cccc5oc6ccc(-c7ccc8c(ccc9ccccc98)c7)cc6c45)c3)N=C(c3ccc4oc5ccccc5c4c3)N2)cc1. The number of furan rings is 2. The van der Waals surface area contributed by atoms with Crippen LogP contribution in [0.2, 0.25) is 0 Å². The van der Waals surface area contributed by atoms with Crippen molar-refractivity contribution >= 4 is 77.1 Å². The molecule has 11 aromatic rings. The third kappa shape index (κ3) is 5.32. The maximum Gasteiger partial charge on any atom is 0.169 e. The van der Waals surface area contributed by atoms with Gasteiger partial charge in [0.15, 0.2) is 6.17 Å². The predicted octanol–water partition coefficient (Wildman–Crippen LogP) is 13.6. The summed E-state index contributed by atoms with van der Waals surface area (Å²) in [5, 5.41) is 12.9. The zero-order valence-electron chi connectivity index (χ0n) is 31.2. The molecule has 1 unspecified atom stereocenters. The topological polar surface area (TPSA) is 63.0 Å². The van der Waals surface area contributed by atoms with Gasteiger partial charge in [0.1, 0.15) is 34.0 Å². The number of nitrogens with one attached hydrogen (secondary N) is 1. The van der Waals surface area contributed by atoms with Crippen molar-refractivity contribution in [1.82, 2.24) is 5.32 Å². The highest BCUT2D eigenvalue weighted by Gasteiger charge is 2.23. The van der Waals surface area contributed by atoms with Gasteiger partial charge in [-0.05, 0) is 104 Å². The Labute approximate surface area is 333 Å². The second-order valence-electron chi connectivity index (χ2n) is 15.0. The largest absolute Gasteiger partial charge is 0.456 e. The monoisotopic (exact) mass is 743 g/mol. The molecule has 0 bridgehead atoms. The van der Waals surface area contributed by atoms with Gasteiger partial charge in [-0.2, -0.15) is 0 Å². The predicted molar refractivity (Wildman–Crippen MR) is 239 cm³/mol. The normalized spacial score (nSPS) is 14.4. The molecule has 0 saturated carbocycles. The Morgan fingerprint density at radius 3 is 1.90 bits per heavy atom. The van der Waals surface area contributed by atoms with Crippen molar-refractivity contribution in [2.75, 3.05) is 0 Å². The molecule has 272 valence electrons. The minimum atomic E-state index is -0.472. The summed E-state index contributed by atoms with van der Waals surface area (Å²) in [7, 11) is 0. The summed E-state index contributed by atoms with van der Waals surface area (Å²) < 4.78 is 12.6. The average Bonchev–Trinajstić information content (AvgIpc) is 3.87. The van der Waals surface area contributed by atoms with Crippen LogP contribution in [0.4, 0.5) is 0 Å². The highest BCUT2D eigenvalue weighted by molar-refractivity contribution is 6.18. The zero-order chi connectivity index (χ0) is 38.2. The van der Waals surface area contributed by atoms with Gasteiger partial charge < -0.3 is 14.2 Å². The number of fused-ring (bicyclic) bond motifs is 9. The molecule has 1 atom stereocenters. The molecule has 5 nitrogen and oxygen atoms in total. The van der Waals surface area contributed by atoms with E-state index in [2.05, 4.69) is 151 Å². The third-order valence-electron chi connectivity index (χ3n) is 11.5. The van der Waals surface area contributed by atoms with Crippen molar-refractivity contribution in [3.05, 3.63) is 205 Å². The summed E-state index contributed by atoms with van der Waals surface area (Å²) in [4.78, 5) is 10.5. The number of aliphatic imine (C=N–C) groups is 2. The molecule has 12 rings (SSSR count). The smallest absolute Gasteiger partial charge is 0.169 e. The summed E-state index contributed by atoms with van der Waals surface area (Å²) >= 11 is 0. The van der Waals surface area contributed by atoms with E-state index in [9.17, 15) is 0 Å². The molecule has 0 fully saturated rings. The summed E-state index contributed by atoms with van der Waals surface area (Å²) in [5.41, 5.74) is 10.9. The zero-order valence-corrected chi connectivity index (χ0v) is 31.2. The van der Waals surface area contributed by atoms with Crippen molar-refractivity contribution in [2.45, 2.75) is 6.17 Å².